The molecule has 0 spiro atoms. The molecule has 114 valence electrons. The van der Waals surface area contributed by atoms with E-state index >= 15 is 0 Å². The zero-order valence-electron chi connectivity index (χ0n) is 13.4. The van der Waals surface area contributed by atoms with E-state index in [0.29, 0.717) is 35.9 Å². The summed E-state index contributed by atoms with van der Waals surface area (Å²) in [6, 6.07) is 1.17. The predicted octanol–water partition coefficient (Wildman–Crippen LogP) is 1.22. The molecular weight excluding hydrogens is 250 g/mol. The highest BCUT2D eigenvalue weighted by molar-refractivity contribution is 5.82. The van der Waals surface area contributed by atoms with E-state index in [-0.39, 0.29) is 11.5 Å². The van der Waals surface area contributed by atoms with Crippen LogP contribution < -0.4 is 10.6 Å². The predicted molar refractivity (Wildman–Crippen MR) is 80.4 cm³/mol. The van der Waals surface area contributed by atoms with Gasteiger partial charge in [0.1, 0.15) is 5.78 Å². The van der Waals surface area contributed by atoms with E-state index in [1.165, 1.54) is 12.8 Å². The highest BCUT2D eigenvalue weighted by Gasteiger charge is 2.60. The first kappa shape index (κ1) is 14.5. The maximum atomic E-state index is 12.2. The monoisotopic (exact) mass is 279 g/mol. The lowest BCUT2D eigenvalue weighted by Crippen LogP contribution is -2.53. The zero-order valence-corrected chi connectivity index (χ0v) is 13.4. The van der Waals surface area contributed by atoms with E-state index in [1.54, 1.807) is 6.92 Å². The van der Waals surface area contributed by atoms with Gasteiger partial charge in [0, 0.05) is 18.0 Å². The summed E-state index contributed by atoms with van der Waals surface area (Å²) in [6.07, 6.45) is 2.88. The van der Waals surface area contributed by atoms with Crippen LogP contribution in [-0.4, -0.2) is 48.6 Å². The molecule has 0 amide bonds. The van der Waals surface area contributed by atoms with E-state index in [0.717, 1.165) is 6.54 Å². The third kappa shape index (κ3) is 2.04. The lowest BCUT2D eigenvalue weighted by Gasteiger charge is -2.40. The van der Waals surface area contributed by atoms with Gasteiger partial charge in [0.25, 0.3) is 0 Å². The molecule has 6 atom stereocenters. The number of hydrogen-bond acceptors (Lipinski definition) is 4. The maximum Gasteiger partial charge on any atom is 0.147 e. The molecule has 0 bridgehead atoms. The molecule has 3 saturated heterocycles. The third-order valence-corrected chi connectivity index (χ3v) is 5.72. The number of Topliss-reactive ketones (excluding diaryl/α,β-unsaturated/α-hetero) is 1. The first-order chi connectivity index (χ1) is 9.32. The van der Waals surface area contributed by atoms with Gasteiger partial charge in [0.15, 0.2) is 0 Å². The molecule has 3 heterocycles. The first-order valence-electron chi connectivity index (χ1n) is 8.04. The van der Waals surface area contributed by atoms with Gasteiger partial charge < -0.3 is 5.32 Å². The van der Waals surface area contributed by atoms with Crippen LogP contribution in [0.2, 0.25) is 0 Å². The van der Waals surface area contributed by atoms with Crippen molar-refractivity contribution in [1.82, 2.24) is 15.5 Å². The number of carbonyl (C=O) groups is 1. The Kier molecular flexibility index (Phi) is 3.47. The molecular formula is C16H29N3O. The second kappa shape index (κ2) is 4.79. The lowest BCUT2D eigenvalue weighted by molar-refractivity contribution is -0.123. The molecule has 6 unspecified atom stereocenters. The molecule has 3 fully saturated rings. The van der Waals surface area contributed by atoms with Gasteiger partial charge in [-0.15, -0.1) is 0 Å². The Hall–Kier alpha value is -0.450. The Labute approximate surface area is 122 Å². The average Bonchev–Trinajstić information content (AvgIpc) is 2.84. The van der Waals surface area contributed by atoms with Crippen LogP contribution in [0.5, 0.6) is 0 Å². The van der Waals surface area contributed by atoms with Crippen molar-refractivity contribution in [2.75, 3.05) is 13.6 Å². The number of nitrogens with zero attached hydrogens (tertiary/aromatic N) is 1. The van der Waals surface area contributed by atoms with Crippen LogP contribution in [0.25, 0.3) is 0 Å². The van der Waals surface area contributed by atoms with Crippen molar-refractivity contribution in [3.8, 4) is 0 Å². The van der Waals surface area contributed by atoms with Crippen LogP contribution in [0.4, 0.5) is 0 Å². The van der Waals surface area contributed by atoms with Crippen molar-refractivity contribution in [1.29, 1.82) is 0 Å². The second-order valence-corrected chi connectivity index (χ2v) is 8.03. The van der Waals surface area contributed by atoms with Gasteiger partial charge >= 0.3 is 0 Å². The lowest BCUT2D eigenvalue weighted by atomic mass is 9.68. The van der Waals surface area contributed by atoms with Gasteiger partial charge in [-0.25, -0.2) is 0 Å². The summed E-state index contributed by atoms with van der Waals surface area (Å²) in [5, 5.41) is 7.54. The van der Waals surface area contributed by atoms with Crippen molar-refractivity contribution in [3.63, 3.8) is 0 Å². The average molecular weight is 279 g/mol. The Bertz CT molecular complexity index is 403. The Morgan fingerprint density at radius 2 is 2.00 bits per heavy atom. The summed E-state index contributed by atoms with van der Waals surface area (Å²) in [5.41, 5.74) is 0.152. The summed E-state index contributed by atoms with van der Waals surface area (Å²) in [7, 11) is 2.12. The number of fused-ring (bicyclic) bond motifs is 3. The fraction of sp³-hybridized carbons (Fsp3) is 0.938. The smallest absolute Gasteiger partial charge is 0.147 e. The molecule has 0 aromatic carbocycles. The van der Waals surface area contributed by atoms with Crippen molar-refractivity contribution in [2.24, 2.45) is 17.3 Å². The summed E-state index contributed by atoms with van der Waals surface area (Å²) in [6.45, 7) is 9.75. The zero-order chi connectivity index (χ0) is 14.7. The third-order valence-electron chi connectivity index (χ3n) is 5.72. The molecule has 0 saturated carbocycles. The van der Waals surface area contributed by atoms with E-state index in [1.807, 2.05) is 0 Å². The van der Waals surface area contributed by atoms with Crippen molar-refractivity contribution in [3.05, 3.63) is 0 Å². The Morgan fingerprint density at radius 3 is 2.60 bits per heavy atom. The van der Waals surface area contributed by atoms with E-state index in [9.17, 15) is 4.79 Å². The number of ketones is 1. The highest BCUT2D eigenvalue weighted by atomic mass is 16.1. The van der Waals surface area contributed by atoms with Gasteiger partial charge in [-0.05, 0) is 44.7 Å². The molecule has 3 aliphatic rings. The Balaban J connectivity index is 1.97. The van der Waals surface area contributed by atoms with Crippen LogP contribution in [0.3, 0.4) is 0 Å². The van der Waals surface area contributed by atoms with Crippen LogP contribution in [0, 0.1) is 17.3 Å². The van der Waals surface area contributed by atoms with Crippen LogP contribution >= 0.6 is 0 Å². The quantitative estimate of drug-likeness (QED) is 0.757. The van der Waals surface area contributed by atoms with Gasteiger partial charge in [-0.1, -0.05) is 20.8 Å². The van der Waals surface area contributed by atoms with Gasteiger partial charge in [0.2, 0.25) is 0 Å². The summed E-state index contributed by atoms with van der Waals surface area (Å²) < 4.78 is 0. The van der Waals surface area contributed by atoms with Gasteiger partial charge in [-0.2, -0.15) is 0 Å². The minimum absolute atomic E-state index is 0.0576. The molecule has 0 aromatic rings. The van der Waals surface area contributed by atoms with Crippen molar-refractivity contribution in [2.45, 2.75) is 64.8 Å². The van der Waals surface area contributed by atoms with E-state index < -0.39 is 0 Å². The number of hydrogen-bond donors (Lipinski definition) is 2. The maximum absolute atomic E-state index is 12.2. The fourth-order valence-corrected chi connectivity index (χ4v) is 5.07. The van der Waals surface area contributed by atoms with E-state index in [4.69, 9.17) is 0 Å². The number of nitrogens with one attached hydrogen (secondary N) is 2. The molecule has 2 N–H and O–H groups in total. The second-order valence-electron chi connectivity index (χ2n) is 8.03. The number of rotatable bonds is 1. The topological polar surface area (TPSA) is 44.4 Å². The molecule has 3 rings (SSSR count). The number of likely N-dealkylation sites (tertiary alicyclic amines) is 1. The largest absolute Gasteiger partial charge is 0.312 e. The molecule has 4 nitrogen and oxygen atoms in total. The molecule has 20 heavy (non-hydrogen) atoms. The standard InChI is InChI=1S/C16H29N3O/c1-9(20)14-12(16(2,3)4)11-13-10(7-6-8-17-13)18-15(11)19(14)5/h10-15,17-18H,6-8H2,1-5H3. The normalized spacial score (nSPS) is 45.2. The first-order valence-corrected chi connectivity index (χ1v) is 8.04. The Morgan fingerprint density at radius 1 is 1.30 bits per heavy atom. The van der Waals surface area contributed by atoms with Crippen LogP contribution in [-0.2, 0) is 4.79 Å². The van der Waals surface area contributed by atoms with E-state index in [2.05, 4.69) is 43.4 Å². The highest BCUT2D eigenvalue weighted by Crippen LogP contribution is 2.49. The fourth-order valence-electron chi connectivity index (χ4n) is 5.07. The molecule has 4 heteroatoms. The SMILES string of the molecule is CC(=O)C1C(C(C)(C)C)C2C3NCCCC3NC2N1C. The molecule has 0 radical (unpaired) electrons. The number of piperidine rings is 1. The van der Waals surface area contributed by atoms with Crippen molar-refractivity contribution < 1.29 is 4.79 Å². The summed E-state index contributed by atoms with van der Waals surface area (Å²) in [5.74, 6) is 1.28. The van der Waals surface area contributed by atoms with Gasteiger partial charge in [-0.3, -0.25) is 15.0 Å². The number of carbonyl (C=O) groups excluding carboxylic acids is 1. The molecule has 3 aliphatic heterocycles. The molecule has 0 aliphatic carbocycles. The van der Waals surface area contributed by atoms with Crippen molar-refractivity contribution >= 4 is 5.78 Å². The van der Waals surface area contributed by atoms with Crippen LogP contribution in [0.1, 0.15) is 40.5 Å². The summed E-state index contributed by atoms with van der Waals surface area (Å²) >= 11 is 0. The number of likely N-dealkylation sites (N-methyl/N-ethyl adjacent to an activating group) is 1. The minimum Gasteiger partial charge on any atom is -0.312 e. The summed E-state index contributed by atoms with van der Waals surface area (Å²) in [4.78, 5) is 14.5. The van der Waals surface area contributed by atoms with Crippen LogP contribution in [0.15, 0.2) is 0 Å². The minimum atomic E-state index is 0.0576. The van der Waals surface area contributed by atoms with Gasteiger partial charge in [0.05, 0.1) is 12.2 Å². The molecule has 0 aromatic heterocycles.